The first-order chi connectivity index (χ1) is 7.13. The van der Waals surface area contributed by atoms with Gasteiger partial charge in [0.2, 0.25) is 11.0 Å². The van der Waals surface area contributed by atoms with Crippen LogP contribution in [0, 0.1) is 0 Å². The Bertz CT molecular complexity index is 324. The molecule has 5 nitrogen and oxygen atoms in total. The summed E-state index contributed by atoms with van der Waals surface area (Å²) >= 11 is 1.42. The van der Waals surface area contributed by atoms with Crippen molar-refractivity contribution in [1.29, 1.82) is 0 Å². The molecule has 1 amide bonds. The Kier molecular flexibility index (Phi) is 4.64. The number of anilines is 1. The Labute approximate surface area is 93.1 Å². The quantitative estimate of drug-likeness (QED) is 0.797. The third kappa shape index (κ3) is 3.93. The van der Waals surface area contributed by atoms with Gasteiger partial charge in [-0.2, -0.15) is 0 Å². The van der Waals surface area contributed by atoms with Gasteiger partial charge in [0, 0.05) is 12.3 Å². The molecular formula is C9H16N4OS. The standard InChI is InChI=1S/C9H16N4OS/c1-6(2)8-12-13-9(15-8)11-7(14)4-3-5-10/h6H,3-5,10H2,1-2H3,(H,11,13,14). The lowest BCUT2D eigenvalue weighted by atomic mass is 10.2. The van der Waals surface area contributed by atoms with Gasteiger partial charge < -0.3 is 11.1 Å². The Balaban J connectivity index is 2.46. The summed E-state index contributed by atoms with van der Waals surface area (Å²) in [5.41, 5.74) is 5.31. The summed E-state index contributed by atoms with van der Waals surface area (Å²) in [4.78, 5) is 11.3. The predicted molar refractivity (Wildman–Crippen MR) is 60.9 cm³/mol. The smallest absolute Gasteiger partial charge is 0.226 e. The molecule has 0 spiro atoms. The lowest BCUT2D eigenvalue weighted by Gasteiger charge is -1.98. The largest absolute Gasteiger partial charge is 0.330 e. The number of amides is 1. The maximum Gasteiger partial charge on any atom is 0.226 e. The number of carbonyl (C=O) groups is 1. The van der Waals surface area contributed by atoms with E-state index in [0.29, 0.717) is 30.4 Å². The zero-order chi connectivity index (χ0) is 11.3. The molecule has 1 rings (SSSR count). The van der Waals surface area contributed by atoms with Crippen LogP contribution in [0.15, 0.2) is 0 Å². The van der Waals surface area contributed by atoms with Gasteiger partial charge in [-0.05, 0) is 13.0 Å². The number of nitrogens with zero attached hydrogens (tertiary/aromatic N) is 2. The van der Waals surface area contributed by atoms with E-state index in [2.05, 4.69) is 15.5 Å². The van der Waals surface area contributed by atoms with Crippen molar-refractivity contribution in [2.24, 2.45) is 5.73 Å². The highest BCUT2D eigenvalue weighted by Crippen LogP contribution is 2.22. The van der Waals surface area contributed by atoms with Crippen LogP contribution in [-0.4, -0.2) is 22.6 Å². The number of carbonyl (C=O) groups excluding carboxylic acids is 1. The number of aromatic nitrogens is 2. The fraction of sp³-hybridized carbons (Fsp3) is 0.667. The minimum absolute atomic E-state index is 0.0492. The van der Waals surface area contributed by atoms with Gasteiger partial charge in [0.15, 0.2) is 0 Å². The Morgan fingerprint density at radius 1 is 1.53 bits per heavy atom. The lowest BCUT2D eigenvalue weighted by Crippen LogP contribution is -2.13. The summed E-state index contributed by atoms with van der Waals surface area (Å²) in [6.45, 7) is 4.61. The van der Waals surface area contributed by atoms with E-state index in [1.165, 1.54) is 11.3 Å². The summed E-state index contributed by atoms with van der Waals surface area (Å²) in [5.74, 6) is 0.295. The molecule has 0 saturated heterocycles. The van der Waals surface area contributed by atoms with Crippen LogP contribution in [0.1, 0.15) is 37.6 Å². The first kappa shape index (κ1) is 12.1. The van der Waals surface area contributed by atoms with Crippen LogP contribution in [0.3, 0.4) is 0 Å². The van der Waals surface area contributed by atoms with Gasteiger partial charge in [-0.25, -0.2) is 0 Å². The SMILES string of the molecule is CC(C)c1nnc(NC(=O)CCCN)s1. The fourth-order valence-corrected chi connectivity index (χ4v) is 1.72. The van der Waals surface area contributed by atoms with E-state index >= 15 is 0 Å². The topological polar surface area (TPSA) is 80.9 Å². The predicted octanol–water partition coefficient (Wildman–Crippen LogP) is 1.34. The molecule has 0 saturated carbocycles. The van der Waals surface area contributed by atoms with E-state index in [1.807, 2.05) is 13.8 Å². The highest BCUT2D eigenvalue weighted by atomic mass is 32.1. The van der Waals surface area contributed by atoms with Crippen molar-refractivity contribution in [1.82, 2.24) is 10.2 Å². The van der Waals surface area contributed by atoms with Crippen LogP contribution < -0.4 is 11.1 Å². The molecular weight excluding hydrogens is 212 g/mol. The van der Waals surface area contributed by atoms with E-state index in [-0.39, 0.29) is 5.91 Å². The molecule has 0 aliphatic rings. The molecule has 15 heavy (non-hydrogen) atoms. The van der Waals surface area contributed by atoms with Crippen LogP contribution in [0.25, 0.3) is 0 Å². The van der Waals surface area contributed by atoms with Crippen molar-refractivity contribution in [2.45, 2.75) is 32.6 Å². The van der Waals surface area contributed by atoms with Gasteiger partial charge >= 0.3 is 0 Å². The minimum Gasteiger partial charge on any atom is -0.330 e. The van der Waals surface area contributed by atoms with Crippen molar-refractivity contribution >= 4 is 22.4 Å². The molecule has 84 valence electrons. The normalized spacial score (nSPS) is 10.7. The summed E-state index contributed by atoms with van der Waals surface area (Å²) in [6, 6.07) is 0. The van der Waals surface area contributed by atoms with Crippen LogP contribution >= 0.6 is 11.3 Å². The van der Waals surface area contributed by atoms with Crippen LogP contribution in [0.2, 0.25) is 0 Å². The molecule has 0 radical (unpaired) electrons. The number of nitrogens with one attached hydrogen (secondary N) is 1. The second-order valence-corrected chi connectivity index (χ2v) is 4.55. The number of nitrogens with two attached hydrogens (primary N) is 1. The third-order valence-corrected chi connectivity index (χ3v) is 2.93. The van der Waals surface area contributed by atoms with Crippen LogP contribution in [-0.2, 0) is 4.79 Å². The van der Waals surface area contributed by atoms with Gasteiger partial charge in [0.05, 0.1) is 0 Å². The second-order valence-electron chi connectivity index (χ2n) is 3.54. The number of hydrogen-bond acceptors (Lipinski definition) is 5. The van der Waals surface area contributed by atoms with E-state index < -0.39 is 0 Å². The third-order valence-electron chi connectivity index (χ3n) is 1.79. The molecule has 1 aromatic rings. The average molecular weight is 228 g/mol. The molecule has 0 bridgehead atoms. The van der Waals surface area contributed by atoms with Crippen molar-refractivity contribution in [2.75, 3.05) is 11.9 Å². The summed E-state index contributed by atoms with van der Waals surface area (Å²) in [6.07, 6.45) is 1.13. The zero-order valence-corrected chi connectivity index (χ0v) is 9.80. The highest BCUT2D eigenvalue weighted by Gasteiger charge is 2.09. The molecule has 3 N–H and O–H groups in total. The van der Waals surface area contributed by atoms with Gasteiger partial charge in [-0.3, -0.25) is 4.79 Å². The zero-order valence-electron chi connectivity index (χ0n) is 8.99. The van der Waals surface area contributed by atoms with Crippen molar-refractivity contribution in [3.05, 3.63) is 5.01 Å². The highest BCUT2D eigenvalue weighted by molar-refractivity contribution is 7.15. The second kappa shape index (κ2) is 5.77. The number of hydrogen-bond donors (Lipinski definition) is 2. The van der Waals surface area contributed by atoms with Crippen molar-refractivity contribution < 1.29 is 4.79 Å². The molecule has 0 fully saturated rings. The molecule has 1 aromatic heterocycles. The first-order valence-electron chi connectivity index (χ1n) is 4.96. The average Bonchev–Trinajstić information content (AvgIpc) is 2.63. The molecule has 0 aromatic carbocycles. The van der Waals surface area contributed by atoms with Crippen molar-refractivity contribution in [3.8, 4) is 0 Å². The van der Waals surface area contributed by atoms with E-state index in [1.54, 1.807) is 0 Å². The minimum atomic E-state index is -0.0492. The maximum atomic E-state index is 11.3. The van der Waals surface area contributed by atoms with E-state index in [9.17, 15) is 4.79 Å². The van der Waals surface area contributed by atoms with Gasteiger partial charge in [-0.1, -0.05) is 25.2 Å². The Morgan fingerprint density at radius 2 is 2.27 bits per heavy atom. The summed E-state index contributed by atoms with van der Waals surface area (Å²) in [5, 5.41) is 12.1. The summed E-state index contributed by atoms with van der Waals surface area (Å²) < 4.78 is 0. The molecule has 0 aliphatic heterocycles. The van der Waals surface area contributed by atoms with E-state index in [4.69, 9.17) is 5.73 Å². The molecule has 6 heteroatoms. The first-order valence-corrected chi connectivity index (χ1v) is 5.78. The maximum absolute atomic E-state index is 11.3. The van der Waals surface area contributed by atoms with Gasteiger partial charge in [0.25, 0.3) is 0 Å². The number of rotatable bonds is 5. The molecule has 0 aliphatic carbocycles. The van der Waals surface area contributed by atoms with Gasteiger partial charge in [0.1, 0.15) is 5.01 Å². The molecule has 0 atom stereocenters. The van der Waals surface area contributed by atoms with Crippen LogP contribution in [0.4, 0.5) is 5.13 Å². The Hall–Kier alpha value is -1.01. The Morgan fingerprint density at radius 3 is 2.80 bits per heavy atom. The van der Waals surface area contributed by atoms with Crippen molar-refractivity contribution in [3.63, 3.8) is 0 Å². The monoisotopic (exact) mass is 228 g/mol. The molecule has 0 unspecified atom stereocenters. The van der Waals surface area contributed by atoms with Gasteiger partial charge in [-0.15, -0.1) is 10.2 Å². The van der Waals surface area contributed by atoms with Crippen LogP contribution in [0.5, 0.6) is 0 Å². The fourth-order valence-electron chi connectivity index (χ4n) is 0.963. The summed E-state index contributed by atoms with van der Waals surface area (Å²) in [7, 11) is 0. The molecule has 1 heterocycles. The van der Waals surface area contributed by atoms with E-state index in [0.717, 1.165) is 5.01 Å². The lowest BCUT2D eigenvalue weighted by molar-refractivity contribution is -0.116.